The van der Waals surface area contributed by atoms with Crippen molar-refractivity contribution in [2.45, 2.75) is 84.7 Å². The van der Waals surface area contributed by atoms with Gasteiger partial charge in [-0.3, -0.25) is 14.4 Å². The summed E-state index contributed by atoms with van der Waals surface area (Å²) in [5.41, 5.74) is 1.67. The van der Waals surface area contributed by atoms with E-state index in [-0.39, 0.29) is 52.2 Å². The normalized spacial score (nSPS) is 44.9. The first kappa shape index (κ1) is 22.9. The number of methoxy groups -OCH3 is 1. The van der Waals surface area contributed by atoms with Gasteiger partial charge in [0.1, 0.15) is 5.60 Å². The number of hydrogen-bond donors (Lipinski definition) is 0. The number of fused-ring (bicyclic) bond motifs is 6. The highest BCUT2D eigenvalue weighted by molar-refractivity contribution is 5.93. The molecular weight excluding hydrogens is 416 g/mol. The Hall–Kier alpha value is -1.91. The Bertz CT molecular complexity index is 961. The number of ether oxygens (including phenoxy) is 2. The first-order valence-corrected chi connectivity index (χ1v) is 12.9. The van der Waals surface area contributed by atoms with Crippen molar-refractivity contribution in [3.05, 3.63) is 23.3 Å². The van der Waals surface area contributed by atoms with E-state index >= 15 is 0 Å². The average Bonchev–Trinajstić information content (AvgIpc) is 3.32. The number of carbonyl (C=O) groups excluding carboxylic acids is 3. The molecule has 5 heteroatoms. The molecule has 5 aliphatic rings. The Morgan fingerprint density at radius 1 is 1.24 bits per heavy atom. The van der Waals surface area contributed by atoms with Gasteiger partial charge in [0.2, 0.25) is 0 Å². The Labute approximate surface area is 197 Å². The lowest BCUT2D eigenvalue weighted by atomic mass is 9.45. The van der Waals surface area contributed by atoms with Crippen LogP contribution in [0.2, 0.25) is 0 Å². The standard InChI is InChI=1S/C28H38O5/c1-6-16(2)22-15-18(29)13-17-14-19(25(31)32-5)24-20-8-11-28(12-9-23(30)33-28)26(20,3)10-7-21(24)27(17,22)4/h7,13,16,19-20,22,24H,6,8-12,14-15H2,1-5H3/t16?,19-,20?,22?,24?,26+,27+,28?/m1/s1. The molecule has 5 rings (SSSR count). The van der Waals surface area contributed by atoms with Gasteiger partial charge in [-0.2, -0.15) is 0 Å². The Morgan fingerprint density at radius 3 is 2.64 bits per heavy atom. The van der Waals surface area contributed by atoms with Gasteiger partial charge in [0.05, 0.1) is 13.0 Å². The van der Waals surface area contributed by atoms with Crippen LogP contribution in [0.4, 0.5) is 0 Å². The van der Waals surface area contributed by atoms with E-state index in [0.717, 1.165) is 37.7 Å². The van der Waals surface area contributed by atoms with Crippen LogP contribution >= 0.6 is 0 Å². The number of esters is 2. The average molecular weight is 455 g/mol. The quantitative estimate of drug-likeness (QED) is 0.434. The molecule has 1 heterocycles. The van der Waals surface area contributed by atoms with E-state index in [4.69, 9.17) is 9.47 Å². The fourth-order valence-corrected chi connectivity index (χ4v) is 8.71. The molecule has 180 valence electrons. The Balaban J connectivity index is 1.66. The molecule has 0 radical (unpaired) electrons. The largest absolute Gasteiger partial charge is 0.469 e. The molecule has 0 bridgehead atoms. The van der Waals surface area contributed by atoms with Crippen LogP contribution in [0.5, 0.6) is 0 Å². The first-order chi connectivity index (χ1) is 15.6. The van der Waals surface area contributed by atoms with Gasteiger partial charge < -0.3 is 9.47 Å². The van der Waals surface area contributed by atoms with E-state index in [1.165, 1.54) is 12.7 Å². The van der Waals surface area contributed by atoms with Crippen LogP contribution in [0.3, 0.4) is 0 Å². The fraction of sp³-hybridized carbons (Fsp3) is 0.750. The SMILES string of the molecule is CCC(C)C1CC(=O)C=C2C[C@@H](C(=O)OC)C3C(=CC[C@@]4(C)C3CCC43CCC(=O)O3)[C@]21C. The minimum atomic E-state index is -0.410. The van der Waals surface area contributed by atoms with Crippen LogP contribution in [0.15, 0.2) is 23.3 Å². The van der Waals surface area contributed by atoms with Gasteiger partial charge >= 0.3 is 11.9 Å². The summed E-state index contributed by atoms with van der Waals surface area (Å²) in [5.74, 6) is 0.622. The molecular formula is C28H38O5. The summed E-state index contributed by atoms with van der Waals surface area (Å²) in [5, 5.41) is 0. The molecule has 5 nitrogen and oxygen atoms in total. The predicted molar refractivity (Wildman–Crippen MR) is 124 cm³/mol. The second kappa shape index (κ2) is 7.55. The number of ketones is 1. The van der Waals surface area contributed by atoms with E-state index in [1.807, 2.05) is 6.08 Å². The van der Waals surface area contributed by atoms with Crippen molar-refractivity contribution in [3.8, 4) is 0 Å². The van der Waals surface area contributed by atoms with Crippen LogP contribution in [0.25, 0.3) is 0 Å². The van der Waals surface area contributed by atoms with Crippen LogP contribution in [0.1, 0.15) is 79.1 Å². The number of rotatable bonds is 3. The maximum Gasteiger partial charge on any atom is 0.309 e. The summed E-state index contributed by atoms with van der Waals surface area (Å²) in [7, 11) is 1.47. The van der Waals surface area contributed by atoms with Gasteiger partial charge in [-0.1, -0.05) is 51.3 Å². The van der Waals surface area contributed by atoms with E-state index in [9.17, 15) is 14.4 Å². The summed E-state index contributed by atoms with van der Waals surface area (Å²) in [4.78, 5) is 38.1. The molecule has 0 aromatic carbocycles. The smallest absolute Gasteiger partial charge is 0.309 e. The molecule has 4 aliphatic carbocycles. The van der Waals surface area contributed by atoms with Gasteiger partial charge in [0, 0.05) is 23.7 Å². The zero-order valence-electron chi connectivity index (χ0n) is 20.7. The van der Waals surface area contributed by atoms with Crippen LogP contribution < -0.4 is 0 Å². The minimum Gasteiger partial charge on any atom is -0.469 e. The van der Waals surface area contributed by atoms with E-state index < -0.39 is 5.60 Å². The summed E-state index contributed by atoms with van der Waals surface area (Å²) >= 11 is 0. The third-order valence-electron chi connectivity index (χ3n) is 10.8. The van der Waals surface area contributed by atoms with Gasteiger partial charge in [-0.15, -0.1) is 0 Å². The highest BCUT2D eigenvalue weighted by atomic mass is 16.6. The Kier molecular flexibility index (Phi) is 5.23. The monoisotopic (exact) mass is 454 g/mol. The van der Waals surface area contributed by atoms with Gasteiger partial charge in [0.25, 0.3) is 0 Å². The molecule has 8 atom stereocenters. The van der Waals surface area contributed by atoms with Crippen molar-refractivity contribution in [2.24, 2.45) is 40.4 Å². The van der Waals surface area contributed by atoms with Gasteiger partial charge in [0.15, 0.2) is 5.78 Å². The molecule has 5 unspecified atom stereocenters. The van der Waals surface area contributed by atoms with Crippen molar-refractivity contribution in [3.63, 3.8) is 0 Å². The lowest BCUT2D eigenvalue weighted by Gasteiger charge is -2.59. The van der Waals surface area contributed by atoms with Crippen molar-refractivity contribution in [1.82, 2.24) is 0 Å². The fourth-order valence-electron chi connectivity index (χ4n) is 8.71. The summed E-state index contributed by atoms with van der Waals surface area (Å²) in [6, 6.07) is 0. The molecule has 1 saturated heterocycles. The molecule has 0 aromatic rings. The highest BCUT2D eigenvalue weighted by Gasteiger charge is 2.68. The number of carbonyl (C=O) groups is 3. The van der Waals surface area contributed by atoms with Crippen molar-refractivity contribution in [2.75, 3.05) is 7.11 Å². The summed E-state index contributed by atoms with van der Waals surface area (Å²) in [6.07, 6.45) is 10.4. The molecule has 0 aromatic heterocycles. The van der Waals surface area contributed by atoms with Crippen molar-refractivity contribution >= 4 is 17.7 Å². The zero-order valence-corrected chi connectivity index (χ0v) is 20.7. The van der Waals surface area contributed by atoms with Gasteiger partial charge in [-0.25, -0.2) is 0 Å². The van der Waals surface area contributed by atoms with Crippen molar-refractivity contribution < 1.29 is 23.9 Å². The van der Waals surface area contributed by atoms with E-state index in [0.29, 0.717) is 25.2 Å². The van der Waals surface area contributed by atoms with Crippen LogP contribution in [-0.4, -0.2) is 30.4 Å². The predicted octanol–water partition coefficient (Wildman–Crippen LogP) is 5.19. The number of allylic oxidation sites excluding steroid dienone is 4. The lowest BCUT2D eigenvalue weighted by molar-refractivity contribution is -0.163. The number of hydrogen-bond acceptors (Lipinski definition) is 5. The molecule has 2 saturated carbocycles. The Morgan fingerprint density at radius 2 is 2.00 bits per heavy atom. The summed E-state index contributed by atoms with van der Waals surface area (Å²) in [6.45, 7) is 9.09. The molecule has 0 amide bonds. The minimum absolute atomic E-state index is 0.0665. The van der Waals surface area contributed by atoms with E-state index in [2.05, 4.69) is 33.8 Å². The van der Waals surface area contributed by atoms with Gasteiger partial charge in [-0.05, 0) is 61.9 Å². The lowest BCUT2D eigenvalue weighted by Crippen LogP contribution is -2.55. The van der Waals surface area contributed by atoms with E-state index in [1.54, 1.807) is 0 Å². The highest BCUT2D eigenvalue weighted by Crippen LogP contribution is 2.70. The molecule has 0 N–H and O–H groups in total. The maximum absolute atomic E-state index is 13.2. The first-order valence-electron chi connectivity index (χ1n) is 12.9. The molecule has 33 heavy (non-hydrogen) atoms. The second-order valence-electron chi connectivity index (χ2n) is 11.8. The molecule has 3 fully saturated rings. The second-order valence-corrected chi connectivity index (χ2v) is 11.8. The topological polar surface area (TPSA) is 69.7 Å². The molecule has 1 aliphatic heterocycles. The van der Waals surface area contributed by atoms with Crippen LogP contribution in [-0.2, 0) is 23.9 Å². The maximum atomic E-state index is 13.2. The summed E-state index contributed by atoms with van der Waals surface area (Å²) < 4.78 is 11.4. The molecule has 1 spiro atoms. The van der Waals surface area contributed by atoms with Crippen molar-refractivity contribution in [1.29, 1.82) is 0 Å². The zero-order chi connectivity index (χ0) is 23.8. The third-order valence-corrected chi connectivity index (χ3v) is 10.8. The van der Waals surface area contributed by atoms with Crippen LogP contribution in [0, 0.1) is 40.4 Å². The third kappa shape index (κ3) is 2.93.